The van der Waals surface area contributed by atoms with E-state index in [1.54, 1.807) is 0 Å². The number of Topliss-reactive ketones (excluding diaryl/α,β-unsaturated/α-hetero) is 1. The largest absolute Gasteiger partial charge is 0.481 e. The molecule has 1 aromatic carbocycles. The summed E-state index contributed by atoms with van der Waals surface area (Å²) in [7, 11) is 0. The lowest BCUT2D eigenvalue weighted by molar-refractivity contribution is -0.137. The number of halogens is 3. The van der Waals surface area contributed by atoms with Crippen LogP contribution in [0.5, 0.6) is 0 Å². The molecule has 0 unspecified atom stereocenters. The standard InChI is InChI=1S/C10H8F3NO3/c11-5-2-7(13)6(12)1-4(5)10(17)8(14)3-9(15)16/h1-2,8H,3,14H2,(H,15,16)/t8-/m0/s1. The smallest absolute Gasteiger partial charge is 0.305 e. The van der Waals surface area contributed by atoms with Crippen molar-refractivity contribution in [2.75, 3.05) is 0 Å². The van der Waals surface area contributed by atoms with Crippen LogP contribution in [0, 0.1) is 17.5 Å². The number of carbonyl (C=O) groups is 2. The lowest BCUT2D eigenvalue weighted by Gasteiger charge is -2.09. The Bertz CT molecular complexity index is 476. The van der Waals surface area contributed by atoms with Crippen molar-refractivity contribution in [3.05, 3.63) is 35.1 Å². The van der Waals surface area contributed by atoms with Gasteiger partial charge in [-0.05, 0) is 6.07 Å². The van der Waals surface area contributed by atoms with Crippen molar-refractivity contribution in [3.63, 3.8) is 0 Å². The molecule has 0 aromatic heterocycles. The Labute approximate surface area is 93.8 Å². The molecule has 7 heteroatoms. The molecule has 0 spiro atoms. The van der Waals surface area contributed by atoms with Crippen LogP contribution in [0.15, 0.2) is 12.1 Å². The molecule has 0 aliphatic rings. The number of nitrogens with two attached hydrogens (primary N) is 1. The second kappa shape index (κ2) is 4.96. The Balaban J connectivity index is 3.04. The lowest BCUT2D eigenvalue weighted by Crippen LogP contribution is -2.33. The third kappa shape index (κ3) is 3.04. The topological polar surface area (TPSA) is 80.4 Å². The molecule has 0 bridgehead atoms. The summed E-state index contributed by atoms with van der Waals surface area (Å²) in [4.78, 5) is 21.7. The molecule has 1 atom stereocenters. The number of hydrogen-bond acceptors (Lipinski definition) is 3. The number of aliphatic carboxylic acids is 1. The zero-order chi connectivity index (χ0) is 13.2. The second-order valence-corrected chi connectivity index (χ2v) is 3.31. The SMILES string of the molecule is N[C@@H](CC(=O)O)C(=O)c1cc(F)c(F)cc1F. The second-order valence-electron chi connectivity index (χ2n) is 3.31. The monoisotopic (exact) mass is 247 g/mol. The van der Waals surface area contributed by atoms with Crippen LogP contribution in [-0.4, -0.2) is 22.9 Å². The van der Waals surface area contributed by atoms with E-state index in [-0.39, 0.29) is 6.07 Å². The van der Waals surface area contributed by atoms with E-state index in [1.807, 2.05) is 0 Å². The summed E-state index contributed by atoms with van der Waals surface area (Å²) in [5, 5.41) is 8.39. The maximum absolute atomic E-state index is 13.1. The van der Waals surface area contributed by atoms with E-state index in [1.165, 1.54) is 0 Å². The lowest BCUT2D eigenvalue weighted by atomic mass is 10.0. The Morgan fingerprint density at radius 3 is 2.24 bits per heavy atom. The number of rotatable bonds is 4. The molecule has 0 aliphatic heterocycles. The highest BCUT2D eigenvalue weighted by molar-refractivity contribution is 6.01. The molecule has 0 saturated carbocycles. The maximum Gasteiger partial charge on any atom is 0.305 e. The van der Waals surface area contributed by atoms with E-state index in [9.17, 15) is 22.8 Å². The fourth-order valence-corrected chi connectivity index (χ4v) is 1.19. The van der Waals surface area contributed by atoms with Crippen molar-refractivity contribution >= 4 is 11.8 Å². The fourth-order valence-electron chi connectivity index (χ4n) is 1.19. The van der Waals surface area contributed by atoms with E-state index in [0.717, 1.165) is 0 Å². The molecule has 0 saturated heterocycles. The van der Waals surface area contributed by atoms with Gasteiger partial charge in [-0.2, -0.15) is 0 Å². The minimum Gasteiger partial charge on any atom is -0.481 e. The van der Waals surface area contributed by atoms with Crippen LogP contribution >= 0.6 is 0 Å². The van der Waals surface area contributed by atoms with E-state index in [4.69, 9.17) is 10.8 Å². The number of carbonyl (C=O) groups excluding carboxylic acids is 1. The molecular formula is C10H8F3NO3. The van der Waals surface area contributed by atoms with E-state index < -0.39 is 47.2 Å². The summed E-state index contributed by atoms with van der Waals surface area (Å²) in [5.74, 6) is -6.57. The van der Waals surface area contributed by atoms with Gasteiger partial charge in [-0.25, -0.2) is 13.2 Å². The molecule has 0 radical (unpaired) electrons. The highest BCUT2D eigenvalue weighted by Gasteiger charge is 2.23. The van der Waals surface area contributed by atoms with Crippen molar-refractivity contribution in [2.45, 2.75) is 12.5 Å². The number of hydrogen-bond donors (Lipinski definition) is 2. The molecule has 4 nitrogen and oxygen atoms in total. The van der Waals surface area contributed by atoms with Crippen LogP contribution in [0.4, 0.5) is 13.2 Å². The molecule has 1 rings (SSSR count). The summed E-state index contributed by atoms with van der Waals surface area (Å²) in [6, 6.07) is -0.947. The highest BCUT2D eigenvalue weighted by Crippen LogP contribution is 2.15. The predicted molar refractivity (Wildman–Crippen MR) is 50.9 cm³/mol. The first-order chi connectivity index (χ1) is 7.82. The van der Waals surface area contributed by atoms with Crippen LogP contribution in [0.2, 0.25) is 0 Å². The number of benzene rings is 1. The Kier molecular flexibility index (Phi) is 3.84. The van der Waals surface area contributed by atoms with E-state index in [2.05, 4.69) is 0 Å². The molecule has 17 heavy (non-hydrogen) atoms. The summed E-state index contributed by atoms with van der Waals surface area (Å²) in [6.45, 7) is 0. The summed E-state index contributed by atoms with van der Waals surface area (Å²) in [5.41, 5.74) is 4.43. The van der Waals surface area contributed by atoms with Gasteiger partial charge in [-0.15, -0.1) is 0 Å². The Morgan fingerprint density at radius 2 is 1.71 bits per heavy atom. The Hall–Kier alpha value is -1.89. The van der Waals surface area contributed by atoms with E-state index in [0.29, 0.717) is 6.07 Å². The first-order valence-corrected chi connectivity index (χ1v) is 4.49. The number of carboxylic acid groups (broad SMARTS) is 1. The summed E-state index contributed by atoms with van der Waals surface area (Å²) >= 11 is 0. The molecule has 0 amide bonds. The van der Waals surface area contributed by atoms with Gasteiger partial charge < -0.3 is 10.8 Å². The highest BCUT2D eigenvalue weighted by atomic mass is 19.2. The average Bonchev–Trinajstić information content (AvgIpc) is 2.21. The minimum atomic E-state index is -1.51. The van der Waals surface area contributed by atoms with Gasteiger partial charge in [0.15, 0.2) is 17.4 Å². The van der Waals surface area contributed by atoms with Gasteiger partial charge in [0.1, 0.15) is 5.82 Å². The van der Waals surface area contributed by atoms with Crippen LogP contribution in [0.3, 0.4) is 0 Å². The zero-order valence-electron chi connectivity index (χ0n) is 8.41. The molecule has 0 fully saturated rings. The maximum atomic E-state index is 13.1. The normalized spacial score (nSPS) is 12.2. The van der Waals surface area contributed by atoms with Crippen molar-refractivity contribution in [1.29, 1.82) is 0 Å². The summed E-state index contributed by atoms with van der Waals surface area (Å²) < 4.78 is 38.5. The van der Waals surface area contributed by atoms with Crippen molar-refractivity contribution in [2.24, 2.45) is 5.73 Å². The Morgan fingerprint density at radius 1 is 1.18 bits per heavy atom. The van der Waals surface area contributed by atoms with Gasteiger partial charge >= 0.3 is 5.97 Å². The number of carboxylic acids is 1. The first-order valence-electron chi connectivity index (χ1n) is 4.49. The molecule has 1 aromatic rings. The van der Waals surface area contributed by atoms with Crippen LogP contribution in [0.1, 0.15) is 16.8 Å². The third-order valence-corrected chi connectivity index (χ3v) is 2.01. The van der Waals surface area contributed by atoms with Gasteiger partial charge in [0, 0.05) is 6.07 Å². The van der Waals surface area contributed by atoms with Crippen molar-refractivity contribution in [1.82, 2.24) is 0 Å². The quantitative estimate of drug-likeness (QED) is 0.616. The average molecular weight is 247 g/mol. The van der Waals surface area contributed by atoms with Crippen LogP contribution in [0.25, 0.3) is 0 Å². The number of ketones is 1. The molecule has 0 aliphatic carbocycles. The molecule has 92 valence electrons. The zero-order valence-corrected chi connectivity index (χ0v) is 8.41. The van der Waals surface area contributed by atoms with Gasteiger partial charge in [-0.3, -0.25) is 9.59 Å². The summed E-state index contributed by atoms with van der Waals surface area (Å²) in [6.07, 6.45) is -0.725. The van der Waals surface area contributed by atoms with Gasteiger partial charge in [0.2, 0.25) is 0 Å². The third-order valence-electron chi connectivity index (χ3n) is 2.01. The van der Waals surface area contributed by atoms with Gasteiger partial charge in [-0.1, -0.05) is 0 Å². The van der Waals surface area contributed by atoms with E-state index >= 15 is 0 Å². The molecule has 0 heterocycles. The molecular weight excluding hydrogens is 239 g/mol. The van der Waals surface area contributed by atoms with Crippen LogP contribution in [-0.2, 0) is 4.79 Å². The van der Waals surface area contributed by atoms with Gasteiger partial charge in [0.05, 0.1) is 18.0 Å². The fraction of sp³-hybridized carbons (Fsp3) is 0.200. The van der Waals surface area contributed by atoms with Crippen LogP contribution < -0.4 is 5.73 Å². The minimum absolute atomic E-state index is 0.204. The van der Waals surface area contributed by atoms with Gasteiger partial charge in [0.25, 0.3) is 0 Å². The molecule has 3 N–H and O–H groups in total. The first kappa shape index (κ1) is 13.2. The van der Waals surface area contributed by atoms with Crippen molar-refractivity contribution in [3.8, 4) is 0 Å². The predicted octanol–water partition coefficient (Wildman–Crippen LogP) is 1.09. The van der Waals surface area contributed by atoms with Crippen molar-refractivity contribution < 1.29 is 27.9 Å².